The molecule has 0 radical (unpaired) electrons. The zero-order chi connectivity index (χ0) is 17.6. The topological polar surface area (TPSA) is 44.1 Å². The van der Waals surface area contributed by atoms with Crippen molar-refractivity contribution in [3.05, 3.63) is 88.4 Å². The molecule has 0 spiro atoms. The predicted octanol–water partition coefficient (Wildman–Crippen LogP) is 4.66. The molecule has 2 aromatic carbocycles. The minimum absolute atomic E-state index is 0.0430. The number of hydrogen-bond donors (Lipinski definition) is 0. The van der Waals surface area contributed by atoms with E-state index in [9.17, 15) is 4.79 Å². The summed E-state index contributed by atoms with van der Waals surface area (Å²) >= 11 is 3.39. The molecule has 0 aliphatic heterocycles. The average molecular weight is 397 g/mol. The van der Waals surface area contributed by atoms with E-state index < -0.39 is 0 Å². The van der Waals surface area contributed by atoms with E-state index in [0.29, 0.717) is 17.9 Å². The molecule has 5 heteroatoms. The van der Waals surface area contributed by atoms with Crippen molar-refractivity contribution in [3.63, 3.8) is 0 Å². The summed E-state index contributed by atoms with van der Waals surface area (Å²) in [7, 11) is 1.92. The lowest BCUT2D eigenvalue weighted by Crippen LogP contribution is -2.03. The summed E-state index contributed by atoms with van der Waals surface area (Å²) in [6, 6.07) is 14.9. The van der Waals surface area contributed by atoms with Gasteiger partial charge in [0.15, 0.2) is 5.78 Å². The van der Waals surface area contributed by atoms with Crippen LogP contribution in [0.1, 0.15) is 21.7 Å². The normalized spacial score (nSPS) is 11.0. The smallest absolute Gasteiger partial charge is 0.185 e. The lowest BCUT2D eigenvalue weighted by molar-refractivity contribution is 0.104. The molecule has 0 aliphatic rings. The van der Waals surface area contributed by atoms with Crippen LogP contribution >= 0.6 is 15.9 Å². The van der Waals surface area contributed by atoms with Crippen LogP contribution in [0.15, 0.2) is 71.5 Å². The minimum Gasteiger partial charge on any atom is -0.486 e. The number of carbonyl (C=O) groups is 1. The van der Waals surface area contributed by atoms with Crippen LogP contribution in [0, 0.1) is 0 Å². The van der Waals surface area contributed by atoms with E-state index in [4.69, 9.17) is 4.74 Å². The molecule has 0 fully saturated rings. The number of hydrogen-bond acceptors (Lipinski definition) is 3. The Morgan fingerprint density at radius 2 is 1.88 bits per heavy atom. The van der Waals surface area contributed by atoms with Crippen LogP contribution in [-0.2, 0) is 13.7 Å². The number of aromatic nitrogens is 2. The van der Waals surface area contributed by atoms with Crippen molar-refractivity contribution in [2.45, 2.75) is 6.61 Å². The van der Waals surface area contributed by atoms with Gasteiger partial charge in [0.25, 0.3) is 0 Å². The predicted molar refractivity (Wildman–Crippen MR) is 101 cm³/mol. The summed E-state index contributed by atoms with van der Waals surface area (Å²) in [6.45, 7) is 0.389. The number of ketones is 1. The highest BCUT2D eigenvalue weighted by Crippen LogP contribution is 2.16. The largest absolute Gasteiger partial charge is 0.486 e. The first kappa shape index (κ1) is 17.2. The molecule has 1 heterocycles. The molecular formula is C20H17BrN2O2. The van der Waals surface area contributed by atoms with Crippen molar-refractivity contribution in [3.8, 4) is 5.75 Å². The second-order valence-electron chi connectivity index (χ2n) is 5.52. The maximum absolute atomic E-state index is 12.2. The highest BCUT2D eigenvalue weighted by molar-refractivity contribution is 9.10. The van der Waals surface area contributed by atoms with Crippen molar-refractivity contribution in [1.82, 2.24) is 9.55 Å². The summed E-state index contributed by atoms with van der Waals surface area (Å²) in [6.07, 6.45) is 6.99. The fourth-order valence-corrected chi connectivity index (χ4v) is 2.51. The molecule has 3 rings (SSSR count). The fourth-order valence-electron chi connectivity index (χ4n) is 2.24. The Labute approximate surface area is 154 Å². The van der Waals surface area contributed by atoms with Crippen LogP contribution in [0.4, 0.5) is 0 Å². The number of halogens is 1. The molecule has 0 aliphatic carbocycles. The molecule has 3 aromatic rings. The standard InChI is InChI=1S/C20H17BrN2O2/c1-23-13-12-22-20(23)14-25-18-9-5-16(6-10-18)19(24)11-4-15-2-7-17(21)8-3-15/h2-13H,14H2,1H3/b11-4+. The van der Waals surface area contributed by atoms with E-state index in [2.05, 4.69) is 20.9 Å². The number of aryl methyl sites for hydroxylation is 1. The van der Waals surface area contributed by atoms with E-state index in [0.717, 1.165) is 15.9 Å². The van der Waals surface area contributed by atoms with Crippen molar-refractivity contribution < 1.29 is 9.53 Å². The van der Waals surface area contributed by atoms with Crippen LogP contribution in [-0.4, -0.2) is 15.3 Å². The summed E-state index contributed by atoms with van der Waals surface area (Å²) in [5.74, 6) is 1.51. The highest BCUT2D eigenvalue weighted by atomic mass is 79.9. The zero-order valence-corrected chi connectivity index (χ0v) is 15.3. The summed E-state index contributed by atoms with van der Waals surface area (Å²) in [5, 5.41) is 0. The van der Waals surface area contributed by atoms with Crippen LogP contribution < -0.4 is 4.74 Å². The van der Waals surface area contributed by atoms with Crippen molar-refractivity contribution in [1.29, 1.82) is 0 Å². The Morgan fingerprint density at radius 1 is 1.16 bits per heavy atom. The average Bonchev–Trinajstić information content (AvgIpc) is 3.04. The van der Waals surface area contributed by atoms with Gasteiger partial charge in [-0.05, 0) is 48.0 Å². The first-order valence-corrected chi connectivity index (χ1v) is 8.58. The van der Waals surface area contributed by atoms with Gasteiger partial charge in [-0.3, -0.25) is 4.79 Å². The fraction of sp³-hybridized carbons (Fsp3) is 0.100. The van der Waals surface area contributed by atoms with E-state index in [1.807, 2.05) is 42.1 Å². The molecule has 0 amide bonds. The Bertz CT molecular complexity index is 881. The van der Waals surface area contributed by atoms with Gasteiger partial charge in [-0.15, -0.1) is 0 Å². The summed E-state index contributed by atoms with van der Waals surface area (Å²) in [4.78, 5) is 16.4. The molecule has 25 heavy (non-hydrogen) atoms. The number of nitrogens with zero attached hydrogens (tertiary/aromatic N) is 2. The molecule has 1 aromatic heterocycles. The Hall–Kier alpha value is -2.66. The molecule has 4 nitrogen and oxygen atoms in total. The first-order valence-electron chi connectivity index (χ1n) is 7.79. The van der Waals surface area contributed by atoms with Gasteiger partial charge in [0.2, 0.25) is 0 Å². The van der Waals surface area contributed by atoms with Gasteiger partial charge in [0.05, 0.1) is 0 Å². The van der Waals surface area contributed by atoms with Crippen LogP contribution in [0.25, 0.3) is 6.08 Å². The third-order valence-electron chi connectivity index (χ3n) is 3.72. The van der Waals surface area contributed by atoms with E-state index in [-0.39, 0.29) is 5.78 Å². The lowest BCUT2D eigenvalue weighted by Gasteiger charge is -2.06. The SMILES string of the molecule is Cn1ccnc1COc1ccc(C(=O)/C=C/c2ccc(Br)cc2)cc1. The van der Waals surface area contributed by atoms with Gasteiger partial charge in [-0.1, -0.05) is 34.1 Å². The first-order chi connectivity index (χ1) is 12.1. The number of rotatable bonds is 6. The molecular weight excluding hydrogens is 380 g/mol. The summed E-state index contributed by atoms with van der Waals surface area (Å²) < 4.78 is 8.61. The summed E-state index contributed by atoms with van der Waals surface area (Å²) in [5.41, 5.74) is 1.60. The molecule has 0 atom stereocenters. The number of benzene rings is 2. The second kappa shape index (κ2) is 7.94. The van der Waals surface area contributed by atoms with Crippen LogP contribution in [0.3, 0.4) is 0 Å². The lowest BCUT2D eigenvalue weighted by atomic mass is 10.1. The molecule has 126 valence electrons. The molecule has 0 N–H and O–H groups in total. The maximum Gasteiger partial charge on any atom is 0.185 e. The van der Waals surface area contributed by atoms with Gasteiger partial charge in [-0.2, -0.15) is 0 Å². The second-order valence-corrected chi connectivity index (χ2v) is 6.43. The van der Waals surface area contributed by atoms with Gasteiger partial charge < -0.3 is 9.30 Å². The third kappa shape index (κ3) is 4.67. The zero-order valence-electron chi connectivity index (χ0n) is 13.7. The van der Waals surface area contributed by atoms with Crippen LogP contribution in [0.5, 0.6) is 5.75 Å². The van der Waals surface area contributed by atoms with E-state index in [1.165, 1.54) is 0 Å². The molecule has 0 saturated carbocycles. The molecule has 0 unspecified atom stereocenters. The van der Waals surface area contributed by atoms with Gasteiger partial charge in [0.1, 0.15) is 18.2 Å². The number of ether oxygens (including phenoxy) is 1. The van der Waals surface area contributed by atoms with Gasteiger partial charge in [0, 0.05) is 29.5 Å². The van der Waals surface area contributed by atoms with Crippen molar-refractivity contribution in [2.75, 3.05) is 0 Å². The third-order valence-corrected chi connectivity index (χ3v) is 4.25. The molecule has 0 saturated heterocycles. The minimum atomic E-state index is -0.0430. The Balaban J connectivity index is 1.60. The van der Waals surface area contributed by atoms with E-state index >= 15 is 0 Å². The van der Waals surface area contributed by atoms with Gasteiger partial charge in [-0.25, -0.2) is 4.98 Å². The van der Waals surface area contributed by atoms with Gasteiger partial charge >= 0.3 is 0 Å². The van der Waals surface area contributed by atoms with E-state index in [1.54, 1.807) is 42.6 Å². The number of allylic oxidation sites excluding steroid dienone is 1. The maximum atomic E-state index is 12.2. The molecule has 0 bridgehead atoms. The number of carbonyl (C=O) groups excluding carboxylic acids is 1. The van der Waals surface area contributed by atoms with Crippen LogP contribution in [0.2, 0.25) is 0 Å². The Morgan fingerprint density at radius 3 is 2.52 bits per heavy atom. The highest BCUT2D eigenvalue weighted by Gasteiger charge is 2.04. The van der Waals surface area contributed by atoms with Crippen molar-refractivity contribution >= 4 is 27.8 Å². The van der Waals surface area contributed by atoms with Crippen molar-refractivity contribution in [2.24, 2.45) is 7.05 Å². The monoisotopic (exact) mass is 396 g/mol. The quantitative estimate of drug-likeness (QED) is 0.449. The Kier molecular flexibility index (Phi) is 5.46. The number of imidazole rings is 1.